The van der Waals surface area contributed by atoms with Gasteiger partial charge in [0.15, 0.2) is 0 Å². The fraction of sp³-hybridized carbons (Fsp3) is 0.125. The number of phenols is 1. The Hall–Kier alpha value is -3.20. The molecule has 2 aromatic rings. The van der Waals surface area contributed by atoms with Gasteiger partial charge < -0.3 is 20.0 Å². The summed E-state index contributed by atoms with van der Waals surface area (Å²) in [7, 11) is 0. The molecule has 1 atom stereocenters. The highest BCUT2D eigenvalue weighted by Crippen LogP contribution is 2.40. The molecule has 0 amide bonds. The van der Waals surface area contributed by atoms with Gasteiger partial charge >= 0.3 is 5.63 Å². The average Bonchev–Trinajstić information content (AvgIpc) is 2.45. The van der Waals surface area contributed by atoms with E-state index >= 15 is 0 Å². The molecular formula is C16H12N2O4. The summed E-state index contributed by atoms with van der Waals surface area (Å²) in [6.45, 7) is 1.62. The topological polar surface area (TPSA) is 109 Å². The molecule has 0 radical (unpaired) electrons. The van der Waals surface area contributed by atoms with Crippen molar-refractivity contribution < 1.29 is 14.3 Å². The maximum absolute atomic E-state index is 12.2. The number of nitrogens with two attached hydrogens (primary N) is 1. The fourth-order valence-electron chi connectivity index (χ4n) is 2.56. The lowest BCUT2D eigenvalue weighted by Gasteiger charge is -2.25. The minimum atomic E-state index is -0.738. The molecular weight excluding hydrogens is 284 g/mol. The van der Waals surface area contributed by atoms with Crippen LogP contribution < -0.4 is 16.1 Å². The number of nitrogens with zero attached hydrogens (tertiary/aromatic N) is 1. The van der Waals surface area contributed by atoms with Crippen molar-refractivity contribution in [2.75, 3.05) is 0 Å². The highest BCUT2D eigenvalue weighted by molar-refractivity contribution is 5.55. The van der Waals surface area contributed by atoms with E-state index in [0.717, 1.165) is 0 Å². The molecule has 3 N–H and O–H groups in total. The van der Waals surface area contributed by atoms with Crippen LogP contribution in [0.15, 0.2) is 51.0 Å². The Labute approximate surface area is 125 Å². The summed E-state index contributed by atoms with van der Waals surface area (Å²) in [4.78, 5) is 12.2. The Balaban J connectivity index is 2.32. The van der Waals surface area contributed by atoms with Crippen LogP contribution in [0.1, 0.15) is 22.8 Å². The first-order valence-corrected chi connectivity index (χ1v) is 6.52. The molecule has 1 aromatic carbocycles. The molecule has 6 nitrogen and oxygen atoms in total. The van der Waals surface area contributed by atoms with Crippen LogP contribution in [0.2, 0.25) is 0 Å². The summed E-state index contributed by atoms with van der Waals surface area (Å²) in [5.41, 5.74) is 6.07. The molecule has 0 unspecified atom stereocenters. The number of allylic oxidation sites excluding steroid dienone is 1. The van der Waals surface area contributed by atoms with Gasteiger partial charge in [0.1, 0.15) is 28.9 Å². The molecule has 1 aliphatic heterocycles. The van der Waals surface area contributed by atoms with Crippen molar-refractivity contribution in [1.29, 1.82) is 5.26 Å². The van der Waals surface area contributed by atoms with Crippen LogP contribution in [0.3, 0.4) is 0 Å². The first-order chi connectivity index (χ1) is 10.5. The molecule has 0 saturated heterocycles. The normalized spacial score (nSPS) is 16.6. The van der Waals surface area contributed by atoms with Crippen molar-refractivity contribution in [3.05, 3.63) is 69.1 Å². The second kappa shape index (κ2) is 4.97. The number of fused-ring (bicyclic) bond motifs is 1. The molecule has 1 aromatic heterocycles. The van der Waals surface area contributed by atoms with E-state index in [1.807, 2.05) is 6.07 Å². The molecule has 0 bridgehead atoms. The van der Waals surface area contributed by atoms with Crippen molar-refractivity contribution in [2.24, 2.45) is 5.73 Å². The maximum Gasteiger partial charge on any atom is 0.343 e. The Kier molecular flexibility index (Phi) is 3.11. The van der Waals surface area contributed by atoms with Gasteiger partial charge in [-0.1, -0.05) is 12.1 Å². The Bertz CT molecular complexity index is 890. The largest absolute Gasteiger partial charge is 0.508 e. The predicted octanol–water partition coefficient (Wildman–Crippen LogP) is 1.87. The van der Waals surface area contributed by atoms with Gasteiger partial charge in [0, 0.05) is 6.07 Å². The van der Waals surface area contributed by atoms with E-state index in [1.54, 1.807) is 25.1 Å². The number of benzene rings is 1. The third-order valence-corrected chi connectivity index (χ3v) is 3.46. The number of aromatic hydroxyl groups is 1. The van der Waals surface area contributed by atoms with Crippen LogP contribution >= 0.6 is 0 Å². The van der Waals surface area contributed by atoms with Crippen molar-refractivity contribution in [3.63, 3.8) is 0 Å². The molecule has 0 spiro atoms. The van der Waals surface area contributed by atoms with Crippen LogP contribution in [-0.4, -0.2) is 5.11 Å². The summed E-state index contributed by atoms with van der Waals surface area (Å²) >= 11 is 0. The average molecular weight is 296 g/mol. The summed E-state index contributed by atoms with van der Waals surface area (Å²) in [5.74, 6) is -0.130. The van der Waals surface area contributed by atoms with E-state index in [0.29, 0.717) is 11.3 Å². The van der Waals surface area contributed by atoms with Crippen LogP contribution in [0.4, 0.5) is 0 Å². The number of phenolic OH excluding ortho intramolecular Hbond substituents is 1. The van der Waals surface area contributed by atoms with Gasteiger partial charge in [0.05, 0.1) is 11.5 Å². The number of ether oxygens (including phenoxy) is 1. The maximum atomic E-state index is 12.2. The molecule has 1 aliphatic rings. The molecule has 0 aliphatic carbocycles. The van der Waals surface area contributed by atoms with Gasteiger partial charge in [0.25, 0.3) is 0 Å². The van der Waals surface area contributed by atoms with E-state index < -0.39 is 11.5 Å². The highest BCUT2D eigenvalue weighted by atomic mass is 16.5. The zero-order chi connectivity index (χ0) is 15.9. The van der Waals surface area contributed by atoms with E-state index in [2.05, 4.69) is 0 Å². The van der Waals surface area contributed by atoms with E-state index in [1.165, 1.54) is 12.1 Å². The molecule has 3 rings (SSSR count). The van der Waals surface area contributed by atoms with Gasteiger partial charge in [0.2, 0.25) is 5.88 Å². The summed E-state index contributed by atoms with van der Waals surface area (Å²) in [5, 5.41) is 19.0. The van der Waals surface area contributed by atoms with Gasteiger partial charge in [-0.05, 0) is 24.6 Å². The van der Waals surface area contributed by atoms with Crippen molar-refractivity contribution in [3.8, 4) is 17.6 Å². The van der Waals surface area contributed by atoms with Crippen LogP contribution in [0.5, 0.6) is 11.5 Å². The minimum Gasteiger partial charge on any atom is -0.508 e. The minimum absolute atomic E-state index is 0.0258. The zero-order valence-electron chi connectivity index (χ0n) is 11.7. The molecule has 6 heteroatoms. The SMILES string of the molecule is Cc1cc2c(c(=O)o1)[C@H](c1cccc(O)c1)C(C#N)=C(N)O2. The van der Waals surface area contributed by atoms with E-state index in [9.17, 15) is 15.2 Å². The Morgan fingerprint density at radius 2 is 2.14 bits per heavy atom. The van der Waals surface area contributed by atoms with E-state index in [-0.39, 0.29) is 28.5 Å². The second-order valence-corrected chi connectivity index (χ2v) is 4.94. The van der Waals surface area contributed by atoms with Gasteiger partial charge in [-0.15, -0.1) is 0 Å². The molecule has 110 valence electrons. The van der Waals surface area contributed by atoms with Gasteiger partial charge in [-0.3, -0.25) is 0 Å². The van der Waals surface area contributed by atoms with Crippen LogP contribution in [-0.2, 0) is 0 Å². The Morgan fingerprint density at radius 3 is 2.82 bits per heavy atom. The van der Waals surface area contributed by atoms with Crippen LogP contribution in [0, 0.1) is 18.3 Å². The summed E-state index contributed by atoms with van der Waals surface area (Å²) in [6.07, 6.45) is 0. The number of rotatable bonds is 1. The first-order valence-electron chi connectivity index (χ1n) is 6.52. The van der Waals surface area contributed by atoms with Crippen LogP contribution in [0.25, 0.3) is 0 Å². The number of nitriles is 1. The Morgan fingerprint density at radius 1 is 1.36 bits per heavy atom. The standard InChI is InChI=1S/C16H12N2O4/c1-8-5-12-14(16(20)21-8)13(11(7-17)15(18)22-12)9-3-2-4-10(19)6-9/h2-6,13,19H,18H2,1H3/t13-/m1/s1. The monoisotopic (exact) mass is 296 g/mol. The molecule has 0 saturated carbocycles. The third-order valence-electron chi connectivity index (χ3n) is 3.46. The quantitative estimate of drug-likeness (QED) is 0.831. The first kappa shape index (κ1) is 13.8. The second-order valence-electron chi connectivity index (χ2n) is 4.94. The van der Waals surface area contributed by atoms with Crippen molar-refractivity contribution in [1.82, 2.24) is 0 Å². The lowest BCUT2D eigenvalue weighted by molar-refractivity contribution is 0.371. The van der Waals surface area contributed by atoms with Crippen molar-refractivity contribution in [2.45, 2.75) is 12.8 Å². The third kappa shape index (κ3) is 2.09. The van der Waals surface area contributed by atoms with E-state index in [4.69, 9.17) is 14.9 Å². The number of hydrogen-bond donors (Lipinski definition) is 2. The smallest absolute Gasteiger partial charge is 0.343 e. The van der Waals surface area contributed by atoms with Gasteiger partial charge in [-0.2, -0.15) is 5.26 Å². The lowest BCUT2D eigenvalue weighted by Crippen LogP contribution is -2.26. The molecule has 22 heavy (non-hydrogen) atoms. The number of aryl methyl sites for hydroxylation is 1. The van der Waals surface area contributed by atoms with Crippen molar-refractivity contribution >= 4 is 0 Å². The highest BCUT2D eigenvalue weighted by Gasteiger charge is 2.34. The number of hydrogen-bond acceptors (Lipinski definition) is 6. The zero-order valence-corrected chi connectivity index (χ0v) is 11.7. The lowest BCUT2D eigenvalue weighted by atomic mass is 9.84. The summed E-state index contributed by atoms with van der Waals surface area (Å²) in [6, 6.07) is 9.82. The molecule has 2 heterocycles. The van der Waals surface area contributed by atoms with Gasteiger partial charge in [-0.25, -0.2) is 4.79 Å². The fourth-order valence-corrected chi connectivity index (χ4v) is 2.56. The molecule has 0 fully saturated rings. The predicted molar refractivity (Wildman–Crippen MR) is 77.1 cm³/mol. The summed E-state index contributed by atoms with van der Waals surface area (Å²) < 4.78 is 10.5.